The van der Waals surface area contributed by atoms with Crippen molar-refractivity contribution in [3.63, 3.8) is 0 Å². The summed E-state index contributed by atoms with van der Waals surface area (Å²) >= 11 is 0. The van der Waals surface area contributed by atoms with Crippen LogP contribution < -0.4 is 5.32 Å². The van der Waals surface area contributed by atoms with Crippen molar-refractivity contribution in [1.29, 1.82) is 0 Å². The highest BCUT2D eigenvalue weighted by Gasteiger charge is 1.99. The average molecular weight is 331 g/mol. The molecule has 3 heteroatoms. The van der Waals surface area contributed by atoms with Gasteiger partial charge in [0, 0.05) is 18.3 Å². The van der Waals surface area contributed by atoms with E-state index >= 15 is 0 Å². The molecule has 0 aromatic heterocycles. The van der Waals surface area contributed by atoms with Crippen LogP contribution in [0.3, 0.4) is 0 Å². The summed E-state index contributed by atoms with van der Waals surface area (Å²) in [4.78, 5) is 11.4. The molecule has 3 rings (SSSR count). The van der Waals surface area contributed by atoms with Gasteiger partial charge in [0.15, 0.2) is 0 Å². The number of fused-ring (bicyclic) bond motifs is 1. The van der Waals surface area contributed by atoms with Crippen LogP contribution in [-0.4, -0.2) is 12.6 Å². The molecule has 0 amide bonds. The topological polar surface area (TPSA) is 38.3 Å². The average Bonchev–Trinajstić information content (AvgIpc) is 2.65. The molecule has 3 aromatic rings. The van der Waals surface area contributed by atoms with Gasteiger partial charge in [0.25, 0.3) is 0 Å². The van der Waals surface area contributed by atoms with Gasteiger partial charge < -0.3 is 10.1 Å². The van der Waals surface area contributed by atoms with Crippen molar-refractivity contribution in [3.8, 4) is 0 Å². The highest BCUT2D eigenvalue weighted by molar-refractivity contribution is 5.87. The van der Waals surface area contributed by atoms with E-state index in [9.17, 15) is 4.79 Å². The van der Waals surface area contributed by atoms with Crippen molar-refractivity contribution in [2.45, 2.75) is 13.5 Å². The van der Waals surface area contributed by atoms with Gasteiger partial charge in [-0.1, -0.05) is 48.5 Å². The Morgan fingerprint density at radius 1 is 1.00 bits per heavy atom. The first-order chi connectivity index (χ1) is 12.2. The van der Waals surface area contributed by atoms with Gasteiger partial charge in [0.05, 0.1) is 6.61 Å². The molecule has 0 aliphatic carbocycles. The molecule has 0 fully saturated rings. The van der Waals surface area contributed by atoms with Gasteiger partial charge in [-0.3, -0.25) is 0 Å². The third-order valence-corrected chi connectivity index (χ3v) is 3.90. The number of ether oxygens (including phenoxy) is 1. The van der Waals surface area contributed by atoms with E-state index in [2.05, 4.69) is 47.8 Å². The largest absolute Gasteiger partial charge is 0.463 e. The molecular weight excluding hydrogens is 310 g/mol. The van der Waals surface area contributed by atoms with E-state index in [4.69, 9.17) is 4.74 Å². The number of hydrogen-bond acceptors (Lipinski definition) is 3. The number of carbonyl (C=O) groups excluding carboxylic acids is 1. The zero-order valence-corrected chi connectivity index (χ0v) is 14.2. The zero-order chi connectivity index (χ0) is 17.5. The van der Waals surface area contributed by atoms with Crippen LogP contribution in [0.15, 0.2) is 72.8 Å². The van der Waals surface area contributed by atoms with E-state index in [1.54, 1.807) is 13.0 Å². The molecule has 25 heavy (non-hydrogen) atoms. The molecule has 1 N–H and O–H groups in total. The lowest BCUT2D eigenvalue weighted by atomic mass is 10.1. The lowest BCUT2D eigenvalue weighted by Gasteiger charge is -2.08. The number of rotatable bonds is 6. The molecule has 126 valence electrons. The normalized spacial score (nSPS) is 10.9. The summed E-state index contributed by atoms with van der Waals surface area (Å²) < 4.78 is 4.90. The Kier molecular flexibility index (Phi) is 5.47. The van der Waals surface area contributed by atoms with Crippen molar-refractivity contribution >= 4 is 28.5 Å². The molecule has 0 bridgehead atoms. The third-order valence-electron chi connectivity index (χ3n) is 3.90. The highest BCUT2D eigenvalue weighted by Crippen LogP contribution is 2.19. The highest BCUT2D eigenvalue weighted by atomic mass is 16.5. The predicted molar refractivity (Wildman–Crippen MR) is 103 cm³/mol. The maximum atomic E-state index is 11.4. The first-order valence-electron chi connectivity index (χ1n) is 8.41. The van der Waals surface area contributed by atoms with Crippen LogP contribution in [-0.2, 0) is 16.1 Å². The number of anilines is 1. The Bertz CT molecular complexity index is 899. The second-order valence-electron chi connectivity index (χ2n) is 5.75. The Labute approximate surface area is 147 Å². The van der Waals surface area contributed by atoms with E-state index in [1.807, 2.05) is 24.3 Å². The summed E-state index contributed by atoms with van der Waals surface area (Å²) in [5.41, 5.74) is 3.22. The second kappa shape index (κ2) is 8.15. The Balaban J connectivity index is 1.66. The molecular formula is C22H21NO2. The lowest BCUT2D eigenvalue weighted by molar-refractivity contribution is -0.137. The van der Waals surface area contributed by atoms with Crippen molar-refractivity contribution in [2.24, 2.45) is 0 Å². The second-order valence-corrected chi connectivity index (χ2v) is 5.75. The summed E-state index contributed by atoms with van der Waals surface area (Å²) in [5.74, 6) is -0.317. The molecule has 0 saturated carbocycles. The number of carbonyl (C=O) groups is 1. The van der Waals surface area contributed by atoms with E-state index < -0.39 is 0 Å². The Hall–Kier alpha value is -3.07. The smallest absolute Gasteiger partial charge is 0.330 e. The molecule has 0 spiro atoms. The van der Waals surface area contributed by atoms with Gasteiger partial charge in [0.1, 0.15) is 0 Å². The molecule has 0 aliphatic heterocycles. The van der Waals surface area contributed by atoms with Crippen molar-refractivity contribution in [1.82, 2.24) is 0 Å². The molecule has 0 aliphatic rings. The minimum absolute atomic E-state index is 0.317. The molecule has 3 aromatic carbocycles. The van der Waals surface area contributed by atoms with Crippen LogP contribution in [0.2, 0.25) is 0 Å². The minimum atomic E-state index is -0.317. The fourth-order valence-corrected chi connectivity index (χ4v) is 2.66. The van der Waals surface area contributed by atoms with Crippen molar-refractivity contribution in [2.75, 3.05) is 11.9 Å². The van der Waals surface area contributed by atoms with E-state index in [0.29, 0.717) is 6.61 Å². The lowest BCUT2D eigenvalue weighted by Crippen LogP contribution is -2.00. The van der Waals surface area contributed by atoms with Gasteiger partial charge in [-0.25, -0.2) is 4.79 Å². The number of hydrogen-bond donors (Lipinski definition) is 1. The van der Waals surface area contributed by atoms with Gasteiger partial charge in [-0.15, -0.1) is 0 Å². The summed E-state index contributed by atoms with van der Waals surface area (Å²) in [6.45, 7) is 2.91. The first kappa shape index (κ1) is 16.8. The zero-order valence-electron chi connectivity index (χ0n) is 14.2. The number of esters is 1. The van der Waals surface area contributed by atoms with Crippen LogP contribution in [0.5, 0.6) is 0 Å². The summed E-state index contributed by atoms with van der Waals surface area (Å²) in [7, 11) is 0. The standard InChI is InChI=1S/C22H21NO2/c1-2-25-22(24)13-10-17-6-5-7-18(14-17)16-23-21-12-11-19-8-3-4-9-20(19)15-21/h3-15,23H,2,16H2,1H3/b13-10+. The first-order valence-corrected chi connectivity index (χ1v) is 8.41. The van der Waals surface area contributed by atoms with Gasteiger partial charge in [0.2, 0.25) is 0 Å². The summed E-state index contributed by atoms with van der Waals surface area (Å²) in [5, 5.41) is 5.91. The summed E-state index contributed by atoms with van der Waals surface area (Å²) in [6, 6.07) is 22.8. The van der Waals surface area contributed by atoms with Gasteiger partial charge in [-0.2, -0.15) is 0 Å². The monoisotopic (exact) mass is 331 g/mol. The maximum absolute atomic E-state index is 11.4. The molecule has 0 atom stereocenters. The molecule has 0 heterocycles. The minimum Gasteiger partial charge on any atom is -0.463 e. The number of nitrogens with one attached hydrogen (secondary N) is 1. The van der Waals surface area contributed by atoms with Gasteiger partial charge >= 0.3 is 5.97 Å². The summed E-state index contributed by atoms with van der Waals surface area (Å²) in [6.07, 6.45) is 3.23. The SMILES string of the molecule is CCOC(=O)/C=C/c1cccc(CNc2ccc3ccccc3c2)c1. The fraction of sp³-hybridized carbons (Fsp3) is 0.136. The Morgan fingerprint density at radius 3 is 2.68 bits per heavy atom. The van der Waals surface area contributed by atoms with Crippen LogP contribution in [0.1, 0.15) is 18.1 Å². The molecule has 0 saturated heterocycles. The Morgan fingerprint density at radius 2 is 1.84 bits per heavy atom. The third kappa shape index (κ3) is 4.70. The fourth-order valence-electron chi connectivity index (χ4n) is 2.66. The van der Waals surface area contributed by atoms with Crippen molar-refractivity contribution in [3.05, 3.63) is 83.9 Å². The van der Waals surface area contributed by atoms with Gasteiger partial charge in [-0.05, 0) is 53.1 Å². The maximum Gasteiger partial charge on any atom is 0.330 e. The van der Waals surface area contributed by atoms with Crippen LogP contribution >= 0.6 is 0 Å². The van der Waals surface area contributed by atoms with E-state index in [-0.39, 0.29) is 5.97 Å². The molecule has 0 unspecified atom stereocenters. The van der Waals surface area contributed by atoms with Crippen LogP contribution in [0.25, 0.3) is 16.8 Å². The molecule has 3 nitrogen and oxygen atoms in total. The van der Waals surface area contributed by atoms with Crippen molar-refractivity contribution < 1.29 is 9.53 Å². The number of benzene rings is 3. The van der Waals surface area contributed by atoms with E-state index in [0.717, 1.165) is 23.4 Å². The van der Waals surface area contributed by atoms with Crippen LogP contribution in [0, 0.1) is 0 Å². The predicted octanol–water partition coefficient (Wildman–Crippen LogP) is 5.03. The molecule has 0 radical (unpaired) electrons. The van der Waals surface area contributed by atoms with Crippen LogP contribution in [0.4, 0.5) is 5.69 Å². The van der Waals surface area contributed by atoms with E-state index in [1.165, 1.54) is 16.8 Å². The quantitative estimate of drug-likeness (QED) is 0.508.